The van der Waals surface area contributed by atoms with E-state index in [1.165, 1.54) is 43.4 Å². The smallest absolute Gasteiger partial charge is 0.296 e. The van der Waals surface area contributed by atoms with Crippen LogP contribution in [0.1, 0.15) is 32.8 Å². The third-order valence-corrected chi connectivity index (χ3v) is 6.27. The number of amides is 1. The lowest BCUT2D eigenvalue weighted by Crippen LogP contribution is -2.18. The van der Waals surface area contributed by atoms with Crippen molar-refractivity contribution >= 4 is 44.7 Å². The molecular formula is C16H20N2O2S3. The zero-order valence-corrected chi connectivity index (χ0v) is 16.1. The number of hydrogen-bond acceptors (Lipinski definition) is 6. The molecule has 1 aromatic carbocycles. The van der Waals surface area contributed by atoms with Crippen molar-refractivity contribution in [3.05, 3.63) is 41.3 Å². The number of carbonyl (C=O) groups is 1. The maximum Gasteiger partial charge on any atom is 0.446 e. The van der Waals surface area contributed by atoms with E-state index in [9.17, 15) is 4.79 Å². The Kier molecular flexibility index (Phi) is 6.50. The zero-order chi connectivity index (χ0) is 16.9. The normalized spacial score (nSPS) is 15.9. The van der Waals surface area contributed by atoms with Gasteiger partial charge in [-0.15, -0.1) is 0 Å². The molecule has 7 heteroatoms. The highest BCUT2D eigenvalue weighted by molar-refractivity contribution is 8.75. The average molecular weight is 369 g/mol. The minimum absolute atomic E-state index is 0.142. The second-order valence-electron chi connectivity index (χ2n) is 5.97. The zero-order valence-electron chi connectivity index (χ0n) is 13.6. The van der Waals surface area contributed by atoms with Crippen LogP contribution in [0.25, 0.3) is 0 Å². The molecule has 1 aliphatic heterocycles. The summed E-state index contributed by atoms with van der Waals surface area (Å²) in [5.41, 5.74) is 1.43. The van der Waals surface area contributed by atoms with Gasteiger partial charge in [-0.05, 0) is 39.3 Å². The molecule has 0 bridgehead atoms. The number of allylic oxidation sites excluding steroid dienone is 1. The molecular weight excluding hydrogens is 348 g/mol. The van der Waals surface area contributed by atoms with E-state index in [1.54, 1.807) is 7.05 Å². The van der Waals surface area contributed by atoms with Gasteiger partial charge in [0.05, 0.1) is 0 Å². The molecule has 0 atom stereocenters. The van der Waals surface area contributed by atoms with Crippen LogP contribution in [0.4, 0.5) is 4.79 Å². The molecule has 0 spiro atoms. The van der Waals surface area contributed by atoms with Gasteiger partial charge in [0.1, 0.15) is 5.04 Å². The van der Waals surface area contributed by atoms with E-state index in [1.807, 2.05) is 11.5 Å². The van der Waals surface area contributed by atoms with Crippen LogP contribution in [0.15, 0.2) is 45.8 Å². The van der Waals surface area contributed by atoms with Gasteiger partial charge in [-0.1, -0.05) is 55.9 Å². The maximum absolute atomic E-state index is 11.8. The van der Waals surface area contributed by atoms with Crippen LogP contribution in [0.2, 0.25) is 0 Å². The lowest BCUT2D eigenvalue weighted by molar-refractivity contribution is 0.137. The van der Waals surface area contributed by atoms with E-state index in [0.717, 1.165) is 16.4 Å². The summed E-state index contributed by atoms with van der Waals surface area (Å²) in [6.07, 6.45) is 2.23. The van der Waals surface area contributed by atoms with E-state index in [-0.39, 0.29) is 5.41 Å². The van der Waals surface area contributed by atoms with Crippen LogP contribution in [0.5, 0.6) is 0 Å². The summed E-state index contributed by atoms with van der Waals surface area (Å²) in [5.74, 6) is 0. The summed E-state index contributed by atoms with van der Waals surface area (Å²) in [6.45, 7) is 6.56. The molecule has 0 saturated heterocycles. The van der Waals surface area contributed by atoms with Gasteiger partial charge in [0.2, 0.25) is 0 Å². The maximum atomic E-state index is 11.8. The lowest BCUT2D eigenvalue weighted by atomic mass is 9.87. The predicted octanol–water partition coefficient (Wildman–Crippen LogP) is 5.67. The van der Waals surface area contributed by atoms with E-state index in [0.29, 0.717) is 0 Å². The first-order valence-corrected chi connectivity index (χ1v) is 10.1. The topological polar surface area (TPSA) is 41.9 Å². The molecule has 1 heterocycles. The quantitative estimate of drug-likeness (QED) is 0.296. The summed E-state index contributed by atoms with van der Waals surface area (Å²) in [4.78, 5) is 17.8. The molecule has 0 aliphatic carbocycles. The van der Waals surface area contributed by atoms with Crippen molar-refractivity contribution in [1.29, 1.82) is 0 Å². The molecule has 0 N–H and O–H groups in total. The molecule has 0 unspecified atom stereocenters. The minimum Gasteiger partial charge on any atom is -0.296 e. The fraction of sp³-hybridized carbons (Fsp3) is 0.375. The van der Waals surface area contributed by atoms with E-state index in [2.05, 4.69) is 50.2 Å². The fourth-order valence-corrected chi connectivity index (χ4v) is 3.94. The van der Waals surface area contributed by atoms with Gasteiger partial charge in [-0.3, -0.25) is 4.84 Å². The van der Waals surface area contributed by atoms with Crippen LogP contribution in [-0.2, 0) is 10.3 Å². The van der Waals surface area contributed by atoms with Crippen molar-refractivity contribution in [1.82, 2.24) is 4.31 Å². The standard InChI is InChI=1S/C16H20N2O2S3/c1-16(2,3)12-7-9-13(10-8-12)22-23-18(4)15(19)20-17-14-6-5-11-21-14/h5,7-11H,6H2,1-4H3. The van der Waals surface area contributed by atoms with Crippen molar-refractivity contribution in [2.24, 2.45) is 5.16 Å². The Bertz CT molecular complexity index is 597. The molecule has 1 aliphatic rings. The number of nitrogens with zero attached hydrogens (tertiary/aromatic N) is 2. The summed E-state index contributed by atoms with van der Waals surface area (Å²) in [5, 5.41) is 6.57. The monoisotopic (exact) mass is 368 g/mol. The first kappa shape index (κ1) is 18.3. The Morgan fingerprint density at radius 3 is 2.57 bits per heavy atom. The van der Waals surface area contributed by atoms with Crippen molar-refractivity contribution in [2.75, 3.05) is 7.05 Å². The summed E-state index contributed by atoms with van der Waals surface area (Å²) < 4.78 is 1.43. The molecule has 124 valence electrons. The molecule has 23 heavy (non-hydrogen) atoms. The van der Waals surface area contributed by atoms with Crippen molar-refractivity contribution < 1.29 is 9.63 Å². The SMILES string of the molecule is CN(SSc1ccc(C(C)(C)C)cc1)C(=O)ON=C1CC=CS1. The highest BCUT2D eigenvalue weighted by Gasteiger charge is 2.15. The van der Waals surface area contributed by atoms with Gasteiger partial charge in [0.15, 0.2) is 0 Å². The first-order chi connectivity index (χ1) is 10.9. The largest absolute Gasteiger partial charge is 0.446 e. The Hall–Kier alpha value is -1.05. The number of oxime groups is 1. The number of benzene rings is 1. The molecule has 0 fully saturated rings. The highest BCUT2D eigenvalue weighted by Crippen LogP contribution is 2.34. The van der Waals surface area contributed by atoms with Gasteiger partial charge in [-0.25, -0.2) is 9.10 Å². The summed E-state index contributed by atoms with van der Waals surface area (Å²) in [7, 11) is 4.50. The Morgan fingerprint density at radius 2 is 2.00 bits per heavy atom. The first-order valence-electron chi connectivity index (χ1n) is 7.14. The second kappa shape index (κ2) is 8.17. The van der Waals surface area contributed by atoms with E-state index >= 15 is 0 Å². The number of rotatable bonds is 4. The minimum atomic E-state index is -0.478. The van der Waals surface area contributed by atoms with Gasteiger partial charge >= 0.3 is 6.09 Å². The third-order valence-electron chi connectivity index (χ3n) is 3.04. The molecule has 0 aromatic heterocycles. The van der Waals surface area contributed by atoms with Gasteiger partial charge in [-0.2, -0.15) is 0 Å². The van der Waals surface area contributed by atoms with Gasteiger partial charge in [0.25, 0.3) is 0 Å². The van der Waals surface area contributed by atoms with Gasteiger partial charge < -0.3 is 0 Å². The van der Waals surface area contributed by atoms with Crippen molar-refractivity contribution in [3.8, 4) is 0 Å². The van der Waals surface area contributed by atoms with E-state index in [4.69, 9.17) is 4.84 Å². The second-order valence-corrected chi connectivity index (χ2v) is 9.23. The van der Waals surface area contributed by atoms with Crippen LogP contribution in [-0.4, -0.2) is 22.5 Å². The average Bonchev–Trinajstić information content (AvgIpc) is 3.03. The molecule has 0 radical (unpaired) electrons. The Morgan fingerprint density at radius 1 is 1.30 bits per heavy atom. The van der Waals surface area contributed by atoms with Crippen LogP contribution in [0.3, 0.4) is 0 Å². The Labute approximate surface area is 149 Å². The third kappa shape index (κ3) is 5.82. The number of carbonyl (C=O) groups excluding carboxylic acids is 1. The molecule has 1 aromatic rings. The lowest BCUT2D eigenvalue weighted by Gasteiger charge is -2.19. The van der Waals surface area contributed by atoms with E-state index < -0.39 is 6.09 Å². The molecule has 4 nitrogen and oxygen atoms in total. The van der Waals surface area contributed by atoms with Crippen molar-refractivity contribution in [2.45, 2.75) is 37.5 Å². The van der Waals surface area contributed by atoms with Crippen LogP contribution < -0.4 is 0 Å². The summed E-state index contributed by atoms with van der Waals surface area (Å²) in [6, 6.07) is 8.38. The predicted molar refractivity (Wildman–Crippen MR) is 102 cm³/mol. The Balaban J connectivity index is 1.80. The van der Waals surface area contributed by atoms with Crippen LogP contribution >= 0.6 is 33.5 Å². The molecule has 2 rings (SSSR count). The van der Waals surface area contributed by atoms with Gasteiger partial charge in [0, 0.05) is 29.3 Å². The molecule has 0 saturated carbocycles. The fourth-order valence-electron chi connectivity index (χ4n) is 1.67. The number of thioether (sulfide) groups is 1. The van der Waals surface area contributed by atoms with Crippen molar-refractivity contribution in [3.63, 3.8) is 0 Å². The number of hydrogen-bond donors (Lipinski definition) is 0. The highest BCUT2D eigenvalue weighted by atomic mass is 33.1. The molecule has 1 amide bonds. The summed E-state index contributed by atoms with van der Waals surface area (Å²) >= 11 is 1.47. The van der Waals surface area contributed by atoms with Crippen LogP contribution in [0, 0.1) is 0 Å².